The van der Waals surface area contributed by atoms with Gasteiger partial charge in [0, 0.05) is 36.2 Å². The van der Waals surface area contributed by atoms with Crippen molar-refractivity contribution < 1.29 is 19.2 Å². The van der Waals surface area contributed by atoms with Crippen LogP contribution in [0.25, 0.3) is 0 Å². The molecule has 0 saturated carbocycles. The van der Waals surface area contributed by atoms with E-state index in [4.69, 9.17) is 4.74 Å². The van der Waals surface area contributed by atoms with Gasteiger partial charge in [0.15, 0.2) is 0 Å². The fourth-order valence-corrected chi connectivity index (χ4v) is 3.95. The Balaban J connectivity index is 1.81. The van der Waals surface area contributed by atoms with E-state index in [9.17, 15) is 19.7 Å². The zero-order chi connectivity index (χ0) is 20.0. The van der Waals surface area contributed by atoms with E-state index in [0.29, 0.717) is 19.0 Å². The molecule has 1 N–H and O–H groups in total. The number of nitrogens with zero attached hydrogens (tertiary/aromatic N) is 2. The van der Waals surface area contributed by atoms with Crippen LogP contribution in [0.3, 0.4) is 0 Å². The van der Waals surface area contributed by atoms with Gasteiger partial charge in [0.25, 0.3) is 5.69 Å². The molecule has 2 rings (SSSR count). The van der Waals surface area contributed by atoms with E-state index < -0.39 is 4.92 Å². The highest BCUT2D eigenvalue weighted by atomic mass is 32.2. The van der Waals surface area contributed by atoms with Gasteiger partial charge in [-0.3, -0.25) is 14.9 Å². The summed E-state index contributed by atoms with van der Waals surface area (Å²) in [5, 5.41) is 13.4. The van der Waals surface area contributed by atoms with Crippen molar-refractivity contribution in [3.63, 3.8) is 0 Å². The van der Waals surface area contributed by atoms with Gasteiger partial charge < -0.3 is 15.0 Å². The number of carbonyl (C=O) groups excluding carboxylic acids is 2. The predicted molar refractivity (Wildman–Crippen MR) is 103 cm³/mol. The largest absolute Gasteiger partial charge is 0.453 e. The first-order valence-electron chi connectivity index (χ1n) is 8.86. The van der Waals surface area contributed by atoms with Crippen molar-refractivity contribution in [1.82, 2.24) is 10.2 Å². The van der Waals surface area contributed by atoms with Crippen LogP contribution in [0.4, 0.5) is 10.5 Å². The van der Waals surface area contributed by atoms with Crippen molar-refractivity contribution in [2.24, 2.45) is 5.92 Å². The maximum absolute atomic E-state index is 12.5. The quantitative estimate of drug-likeness (QED) is 0.451. The van der Waals surface area contributed by atoms with Gasteiger partial charge in [0.05, 0.1) is 17.3 Å². The Morgan fingerprint density at radius 3 is 2.37 bits per heavy atom. The summed E-state index contributed by atoms with van der Waals surface area (Å²) < 4.78 is 4.74. The second kappa shape index (κ2) is 9.59. The molecule has 148 valence electrons. The second-order valence-corrected chi connectivity index (χ2v) is 8.02. The van der Waals surface area contributed by atoms with Gasteiger partial charge in [-0.1, -0.05) is 0 Å². The van der Waals surface area contributed by atoms with E-state index in [2.05, 4.69) is 5.32 Å². The lowest BCUT2D eigenvalue weighted by Gasteiger charge is -2.34. The van der Waals surface area contributed by atoms with Crippen LogP contribution >= 0.6 is 11.8 Å². The topological polar surface area (TPSA) is 102 Å². The maximum atomic E-state index is 12.5. The van der Waals surface area contributed by atoms with Crippen LogP contribution in [-0.4, -0.2) is 53.3 Å². The Hall–Kier alpha value is -2.29. The normalized spacial score (nSPS) is 17.1. The molecule has 0 aliphatic carbocycles. The van der Waals surface area contributed by atoms with Crippen LogP contribution in [0.5, 0.6) is 0 Å². The Morgan fingerprint density at radius 2 is 1.85 bits per heavy atom. The molecule has 9 heteroatoms. The standard InChI is InChI=1S/C18H25N3O5S/c1-12(14-8-10-20(11-9-14)18(23)26-3)19-17(22)13(2)27-16-6-4-15(5-7-16)21(24)25/h4-7,12-14H,8-11H2,1-3H3,(H,19,22)/t12-,13-/m0/s1. The summed E-state index contributed by atoms with van der Waals surface area (Å²) in [6.07, 6.45) is 1.33. The second-order valence-electron chi connectivity index (χ2n) is 6.60. The SMILES string of the molecule is COC(=O)N1CCC([C@H](C)NC(=O)[C@H](C)Sc2ccc([N+](=O)[O-])cc2)CC1. The van der Waals surface area contributed by atoms with Gasteiger partial charge in [-0.2, -0.15) is 0 Å². The van der Waals surface area contributed by atoms with Gasteiger partial charge in [0.2, 0.25) is 5.91 Å². The number of amides is 2. The molecule has 1 saturated heterocycles. The van der Waals surface area contributed by atoms with Crippen molar-refractivity contribution >= 4 is 29.4 Å². The molecule has 1 aliphatic rings. The summed E-state index contributed by atoms with van der Waals surface area (Å²) in [5.74, 6) is 0.243. The number of ether oxygens (including phenoxy) is 1. The van der Waals surface area contributed by atoms with E-state index in [1.54, 1.807) is 17.0 Å². The minimum atomic E-state index is -0.447. The molecule has 1 aromatic carbocycles. The zero-order valence-corrected chi connectivity index (χ0v) is 16.5. The van der Waals surface area contributed by atoms with Crippen LogP contribution in [0.2, 0.25) is 0 Å². The smallest absolute Gasteiger partial charge is 0.409 e. The number of hydrogen-bond acceptors (Lipinski definition) is 6. The van der Waals surface area contributed by atoms with Crippen molar-refractivity contribution in [2.45, 2.75) is 42.9 Å². The lowest BCUT2D eigenvalue weighted by atomic mass is 9.90. The van der Waals surface area contributed by atoms with Crippen molar-refractivity contribution in [2.75, 3.05) is 20.2 Å². The van der Waals surface area contributed by atoms with Crippen molar-refractivity contribution in [3.8, 4) is 0 Å². The van der Waals surface area contributed by atoms with Gasteiger partial charge in [-0.15, -0.1) is 11.8 Å². The number of rotatable bonds is 6. The number of carbonyl (C=O) groups is 2. The third kappa shape index (κ3) is 5.85. The number of nitrogens with one attached hydrogen (secondary N) is 1. The number of nitro groups is 1. The van der Waals surface area contributed by atoms with E-state index in [-0.39, 0.29) is 29.0 Å². The van der Waals surface area contributed by atoms with E-state index >= 15 is 0 Å². The molecular formula is C18H25N3O5S. The summed E-state index contributed by atoms with van der Waals surface area (Å²) in [5.41, 5.74) is 0.0309. The lowest BCUT2D eigenvalue weighted by molar-refractivity contribution is -0.384. The first kappa shape index (κ1) is 21.0. The molecule has 2 atom stereocenters. The van der Waals surface area contributed by atoms with Crippen LogP contribution < -0.4 is 5.32 Å². The average Bonchev–Trinajstić information content (AvgIpc) is 2.67. The summed E-state index contributed by atoms with van der Waals surface area (Å²) in [6.45, 7) is 5.06. The molecule has 1 aliphatic heterocycles. The highest BCUT2D eigenvalue weighted by molar-refractivity contribution is 8.00. The highest BCUT2D eigenvalue weighted by Crippen LogP contribution is 2.26. The lowest BCUT2D eigenvalue weighted by Crippen LogP contribution is -2.47. The molecule has 0 aromatic heterocycles. The fourth-order valence-electron chi connectivity index (χ4n) is 3.07. The monoisotopic (exact) mass is 395 g/mol. The molecule has 0 bridgehead atoms. The molecule has 0 spiro atoms. The Kier molecular flexibility index (Phi) is 7.46. The number of likely N-dealkylation sites (tertiary alicyclic amines) is 1. The number of nitro benzene ring substituents is 1. The number of hydrogen-bond donors (Lipinski definition) is 1. The highest BCUT2D eigenvalue weighted by Gasteiger charge is 2.28. The molecule has 8 nitrogen and oxygen atoms in total. The summed E-state index contributed by atoms with van der Waals surface area (Å²) in [6, 6.07) is 6.18. The van der Waals surface area contributed by atoms with Crippen molar-refractivity contribution in [3.05, 3.63) is 34.4 Å². The fraction of sp³-hybridized carbons (Fsp3) is 0.556. The molecule has 1 heterocycles. The van der Waals surface area contributed by atoms with Crippen LogP contribution in [0.1, 0.15) is 26.7 Å². The minimum Gasteiger partial charge on any atom is -0.453 e. The summed E-state index contributed by atoms with van der Waals surface area (Å²) in [7, 11) is 1.38. The summed E-state index contributed by atoms with van der Waals surface area (Å²) >= 11 is 1.36. The zero-order valence-electron chi connectivity index (χ0n) is 15.7. The number of non-ortho nitro benzene ring substituents is 1. The third-order valence-corrected chi connectivity index (χ3v) is 5.89. The van der Waals surface area contributed by atoms with E-state index in [1.807, 2.05) is 13.8 Å². The minimum absolute atomic E-state index is 0.0113. The van der Waals surface area contributed by atoms with Crippen LogP contribution in [-0.2, 0) is 9.53 Å². The van der Waals surface area contributed by atoms with Crippen molar-refractivity contribution in [1.29, 1.82) is 0 Å². The number of benzene rings is 1. The van der Waals surface area contributed by atoms with Gasteiger partial charge in [-0.05, 0) is 44.7 Å². The predicted octanol–water partition coefficient (Wildman–Crippen LogP) is 3.06. The van der Waals surface area contributed by atoms with E-state index in [0.717, 1.165) is 17.7 Å². The van der Waals surface area contributed by atoms with Crippen LogP contribution in [0.15, 0.2) is 29.2 Å². The number of methoxy groups -OCH3 is 1. The third-order valence-electron chi connectivity index (χ3n) is 4.78. The Bertz CT molecular complexity index is 674. The first-order valence-corrected chi connectivity index (χ1v) is 9.74. The maximum Gasteiger partial charge on any atom is 0.409 e. The van der Waals surface area contributed by atoms with Gasteiger partial charge in [-0.25, -0.2) is 4.79 Å². The molecule has 2 amide bonds. The number of thioether (sulfide) groups is 1. The van der Waals surface area contributed by atoms with Gasteiger partial charge in [0.1, 0.15) is 0 Å². The molecule has 27 heavy (non-hydrogen) atoms. The molecule has 1 fully saturated rings. The Morgan fingerprint density at radius 1 is 1.26 bits per heavy atom. The number of piperidine rings is 1. The Labute approximate surface area is 162 Å². The van der Waals surface area contributed by atoms with E-state index in [1.165, 1.54) is 31.0 Å². The molecule has 0 radical (unpaired) electrons. The van der Waals surface area contributed by atoms with Gasteiger partial charge >= 0.3 is 6.09 Å². The molecule has 1 aromatic rings. The first-order chi connectivity index (χ1) is 12.8. The average molecular weight is 395 g/mol. The molecule has 0 unspecified atom stereocenters. The van der Waals surface area contributed by atoms with Crippen LogP contribution in [0, 0.1) is 16.0 Å². The molecular weight excluding hydrogens is 370 g/mol. The summed E-state index contributed by atoms with van der Waals surface area (Å²) in [4.78, 5) is 36.7.